The highest BCUT2D eigenvalue weighted by Gasteiger charge is 2.19. The van der Waals surface area contributed by atoms with Gasteiger partial charge in [0.1, 0.15) is 0 Å². The van der Waals surface area contributed by atoms with Gasteiger partial charge >= 0.3 is 0 Å². The number of anilines is 1. The summed E-state index contributed by atoms with van der Waals surface area (Å²) in [6.07, 6.45) is 6.55. The van der Waals surface area contributed by atoms with Crippen LogP contribution in [0, 0.1) is 13.8 Å². The van der Waals surface area contributed by atoms with Crippen molar-refractivity contribution in [3.05, 3.63) is 29.3 Å². The summed E-state index contributed by atoms with van der Waals surface area (Å²) < 4.78 is 0. The van der Waals surface area contributed by atoms with Gasteiger partial charge in [0.25, 0.3) is 0 Å². The third kappa shape index (κ3) is 5.78. The van der Waals surface area contributed by atoms with Gasteiger partial charge < -0.3 is 15.5 Å². The van der Waals surface area contributed by atoms with Crippen LogP contribution >= 0.6 is 12.2 Å². The van der Waals surface area contributed by atoms with Crippen LogP contribution in [0.2, 0.25) is 0 Å². The fourth-order valence-electron chi connectivity index (χ4n) is 3.34. The molecular weight excluding hydrogens is 302 g/mol. The minimum absolute atomic E-state index is 0.726. The molecule has 3 nitrogen and oxygen atoms in total. The Hall–Kier alpha value is -1.13. The van der Waals surface area contributed by atoms with Crippen LogP contribution in [0.4, 0.5) is 5.69 Å². The Morgan fingerprint density at radius 2 is 2.13 bits per heavy atom. The smallest absolute Gasteiger partial charge is 0.170 e. The van der Waals surface area contributed by atoms with Gasteiger partial charge in [0.2, 0.25) is 0 Å². The molecule has 0 spiro atoms. The van der Waals surface area contributed by atoms with Gasteiger partial charge in [-0.25, -0.2) is 0 Å². The van der Waals surface area contributed by atoms with Gasteiger partial charge in [0, 0.05) is 24.8 Å². The Kier molecular flexibility index (Phi) is 7.31. The van der Waals surface area contributed by atoms with Gasteiger partial charge in [-0.05, 0) is 75.5 Å². The third-order valence-electron chi connectivity index (χ3n) is 4.77. The topological polar surface area (TPSA) is 27.3 Å². The number of hydrogen-bond donors (Lipinski definition) is 2. The molecule has 1 aliphatic heterocycles. The van der Waals surface area contributed by atoms with E-state index in [-0.39, 0.29) is 0 Å². The van der Waals surface area contributed by atoms with Crippen molar-refractivity contribution in [1.82, 2.24) is 10.2 Å². The molecule has 1 heterocycles. The van der Waals surface area contributed by atoms with E-state index in [1.165, 1.54) is 49.9 Å². The summed E-state index contributed by atoms with van der Waals surface area (Å²) in [6, 6.07) is 7.19. The fourth-order valence-corrected chi connectivity index (χ4v) is 3.55. The Morgan fingerprint density at radius 1 is 1.30 bits per heavy atom. The highest BCUT2D eigenvalue weighted by molar-refractivity contribution is 7.80. The zero-order valence-corrected chi connectivity index (χ0v) is 15.6. The average Bonchev–Trinajstić information content (AvgIpc) is 2.55. The van der Waals surface area contributed by atoms with Crippen molar-refractivity contribution in [3.8, 4) is 0 Å². The Labute approximate surface area is 146 Å². The Bertz CT molecular complexity index is 515. The van der Waals surface area contributed by atoms with Crippen molar-refractivity contribution >= 4 is 23.0 Å². The maximum atomic E-state index is 5.42. The van der Waals surface area contributed by atoms with Crippen molar-refractivity contribution < 1.29 is 0 Å². The van der Waals surface area contributed by atoms with Crippen LogP contribution in [-0.4, -0.2) is 35.7 Å². The van der Waals surface area contributed by atoms with Gasteiger partial charge in [0.05, 0.1) is 0 Å². The molecule has 0 amide bonds. The van der Waals surface area contributed by atoms with Gasteiger partial charge in [-0.3, -0.25) is 0 Å². The van der Waals surface area contributed by atoms with Crippen molar-refractivity contribution in [1.29, 1.82) is 0 Å². The molecule has 1 aromatic carbocycles. The summed E-state index contributed by atoms with van der Waals surface area (Å²) in [7, 11) is 0. The molecule has 128 valence electrons. The van der Waals surface area contributed by atoms with Crippen molar-refractivity contribution in [3.63, 3.8) is 0 Å². The van der Waals surface area contributed by atoms with Gasteiger partial charge in [-0.1, -0.05) is 25.5 Å². The van der Waals surface area contributed by atoms with Gasteiger partial charge in [0.15, 0.2) is 5.11 Å². The molecule has 1 fully saturated rings. The second kappa shape index (κ2) is 9.24. The van der Waals surface area contributed by atoms with Crippen molar-refractivity contribution in [2.75, 3.05) is 25.0 Å². The first-order chi connectivity index (χ1) is 11.1. The zero-order valence-electron chi connectivity index (χ0n) is 14.8. The second-order valence-electron chi connectivity index (χ2n) is 6.65. The van der Waals surface area contributed by atoms with Gasteiger partial charge in [-0.15, -0.1) is 0 Å². The normalized spacial score (nSPS) is 18.7. The predicted octanol–water partition coefficient (Wildman–Crippen LogP) is 4.24. The standard InChI is InChI=1S/C19H31N3S/c1-4-17-8-5-6-12-22(17)13-7-11-20-19(23)21-18-14-15(2)9-10-16(18)3/h9-10,14,17H,4-8,11-13H2,1-3H3,(H2,20,21,23)/t17-/m1/s1. The summed E-state index contributed by atoms with van der Waals surface area (Å²) in [5.74, 6) is 0. The molecule has 2 N–H and O–H groups in total. The van der Waals surface area contributed by atoms with E-state index < -0.39 is 0 Å². The number of piperidine rings is 1. The Morgan fingerprint density at radius 3 is 2.91 bits per heavy atom. The van der Waals surface area contributed by atoms with E-state index >= 15 is 0 Å². The summed E-state index contributed by atoms with van der Waals surface area (Å²) in [4.78, 5) is 2.66. The number of hydrogen-bond acceptors (Lipinski definition) is 2. The van der Waals surface area contributed by atoms with Crippen LogP contribution in [0.1, 0.15) is 50.2 Å². The maximum absolute atomic E-state index is 5.42. The summed E-state index contributed by atoms with van der Waals surface area (Å²) in [6.45, 7) is 9.89. The third-order valence-corrected chi connectivity index (χ3v) is 5.02. The molecule has 23 heavy (non-hydrogen) atoms. The van der Waals surface area contributed by atoms with Crippen LogP contribution in [0.5, 0.6) is 0 Å². The average molecular weight is 334 g/mol. The lowest BCUT2D eigenvalue weighted by Crippen LogP contribution is -2.41. The van der Waals surface area contributed by atoms with Crippen LogP contribution in [0.3, 0.4) is 0 Å². The van der Waals surface area contributed by atoms with E-state index in [1.807, 2.05) is 0 Å². The number of rotatable bonds is 6. The second-order valence-corrected chi connectivity index (χ2v) is 7.05. The minimum atomic E-state index is 0.726. The summed E-state index contributed by atoms with van der Waals surface area (Å²) in [5, 5.41) is 7.39. The van der Waals surface area contributed by atoms with E-state index in [1.54, 1.807) is 0 Å². The Balaban J connectivity index is 1.69. The van der Waals surface area contributed by atoms with E-state index in [0.29, 0.717) is 0 Å². The summed E-state index contributed by atoms with van der Waals surface area (Å²) in [5.41, 5.74) is 3.57. The molecule has 1 aliphatic rings. The first-order valence-electron chi connectivity index (χ1n) is 8.96. The molecule has 1 aromatic rings. The summed E-state index contributed by atoms with van der Waals surface area (Å²) >= 11 is 5.42. The molecule has 2 rings (SSSR count). The molecule has 0 unspecified atom stereocenters. The van der Waals surface area contributed by atoms with E-state index in [4.69, 9.17) is 12.2 Å². The largest absolute Gasteiger partial charge is 0.362 e. The van der Waals surface area contributed by atoms with Crippen molar-refractivity contribution in [2.24, 2.45) is 0 Å². The molecule has 0 saturated carbocycles. The van der Waals surface area contributed by atoms with Crippen LogP contribution in [0.25, 0.3) is 0 Å². The van der Waals surface area contributed by atoms with Crippen molar-refractivity contribution in [2.45, 2.75) is 58.9 Å². The highest BCUT2D eigenvalue weighted by atomic mass is 32.1. The molecule has 1 atom stereocenters. The lowest BCUT2D eigenvalue weighted by molar-refractivity contribution is 0.143. The van der Waals surface area contributed by atoms with Crippen LogP contribution in [-0.2, 0) is 0 Å². The number of likely N-dealkylation sites (tertiary alicyclic amines) is 1. The lowest BCUT2D eigenvalue weighted by atomic mass is 10.00. The molecule has 4 heteroatoms. The van der Waals surface area contributed by atoms with E-state index in [9.17, 15) is 0 Å². The molecule has 0 aromatic heterocycles. The van der Waals surface area contributed by atoms with Crippen LogP contribution < -0.4 is 10.6 Å². The zero-order chi connectivity index (χ0) is 16.7. The quantitative estimate of drug-likeness (QED) is 0.601. The molecule has 0 radical (unpaired) electrons. The van der Waals surface area contributed by atoms with E-state index in [2.05, 4.69) is 54.5 Å². The molecule has 1 saturated heterocycles. The minimum Gasteiger partial charge on any atom is -0.362 e. The SMILES string of the molecule is CC[C@@H]1CCCCN1CCCNC(=S)Nc1cc(C)ccc1C. The first kappa shape index (κ1) is 18.2. The van der Waals surface area contributed by atoms with Crippen LogP contribution in [0.15, 0.2) is 18.2 Å². The first-order valence-corrected chi connectivity index (χ1v) is 9.37. The number of aryl methyl sites for hydroxylation is 2. The maximum Gasteiger partial charge on any atom is 0.170 e. The number of benzene rings is 1. The molecule has 0 bridgehead atoms. The number of thiocarbonyl (C=S) groups is 1. The lowest BCUT2D eigenvalue weighted by Gasteiger charge is -2.35. The van der Waals surface area contributed by atoms with E-state index in [0.717, 1.165) is 29.8 Å². The monoisotopic (exact) mass is 333 g/mol. The molecule has 0 aliphatic carbocycles. The van der Waals surface area contributed by atoms with Gasteiger partial charge in [-0.2, -0.15) is 0 Å². The number of nitrogens with zero attached hydrogens (tertiary/aromatic N) is 1. The predicted molar refractivity (Wildman–Crippen MR) is 104 cm³/mol. The molecular formula is C19H31N3S. The number of nitrogens with one attached hydrogen (secondary N) is 2. The fraction of sp³-hybridized carbons (Fsp3) is 0.632. The highest BCUT2D eigenvalue weighted by Crippen LogP contribution is 2.19.